The van der Waals surface area contributed by atoms with Crippen LogP contribution in [0.25, 0.3) is 10.9 Å². The molecule has 1 heterocycles. The molecule has 0 spiro atoms. The Morgan fingerprint density at radius 3 is 2.72 bits per heavy atom. The molecule has 0 unspecified atom stereocenters. The van der Waals surface area contributed by atoms with Gasteiger partial charge in [-0.2, -0.15) is 0 Å². The van der Waals surface area contributed by atoms with Gasteiger partial charge in [-0.3, -0.25) is 14.2 Å². The molecule has 9 heteroatoms. The topological polar surface area (TPSA) is 99.5 Å². The van der Waals surface area contributed by atoms with Crippen LogP contribution in [0, 0.1) is 0 Å². The van der Waals surface area contributed by atoms with Crippen molar-refractivity contribution >= 4 is 34.5 Å². The van der Waals surface area contributed by atoms with Crippen molar-refractivity contribution in [3.63, 3.8) is 0 Å². The number of aromatic nitrogens is 2. The van der Waals surface area contributed by atoms with E-state index in [1.807, 2.05) is 0 Å². The van der Waals surface area contributed by atoms with Crippen molar-refractivity contribution in [2.45, 2.75) is 37.9 Å². The molecule has 1 aromatic carbocycles. The number of nitrogens with zero attached hydrogens (tertiary/aromatic N) is 2. The standard InChI is InChI=1S/C20H27N3O5S/c1-4-5-9-21-17(24)13-29-20-22-16-12-14(19(26)28-3)7-8-15(16)18(25)23(20)10-6-11-27-2/h7-8,12H,4-6,9-11,13H2,1-3H3,(H,21,24). The summed E-state index contributed by atoms with van der Waals surface area (Å²) in [7, 11) is 2.90. The highest BCUT2D eigenvalue weighted by atomic mass is 32.2. The maximum absolute atomic E-state index is 13.0. The second-order valence-corrected chi connectivity index (χ2v) is 7.36. The average molecular weight is 422 g/mol. The highest BCUT2D eigenvalue weighted by molar-refractivity contribution is 7.99. The van der Waals surface area contributed by atoms with Crippen LogP contribution >= 0.6 is 11.8 Å². The summed E-state index contributed by atoms with van der Waals surface area (Å²) in [6.07, 6.45) is 2.56. The van der Waals surface area contributed by atoms with E-state index in [4.69, 9.17) is 9.47 Å². The summed E-state index contributed by atoms with van der Waals surface area (Å²) in [5.74, 6) is -0.449. The number of fused-ring (bicyclic) bond motifs is 1. The van der Waals surface area contributed by atoms with Crippen molar-refractivity contribution in [2.75, 3.05) is 33.1 Å². The molecule has 0 atom stereocenters. The number of rotatable bonds is 11. The molecule has 2 aromatic rings. The highest BCUT2D eigenvalue weighted by Crippen LogP contribution is 2.19. The molecule has 0 saturated heterocycles. The van der Waals surface area contributed by atoms with Crippen molar-refractivity contribution < 1.29 is 19.1 Å². The monoisotopic (exact) mass is 421 g/mol. The van der Waals surface area contributed by atoms with Crippen molar-refractivity contribution in [1.29, 1.82) is 0 Å². The number of carbonyl (C=O) groups is 2. The molecule has 0 aliphatic heterocycles. The number of hydrogen-bond acceptors (Lipinski definition) is 7. The molecule has 0 bridgehead atoms. The van der Waals surface area contributed by atoms with E-state index in [0.717, 1.165) is 12.8 Å². The number of methoxy groups -OCH3 is 2. The van der Waals surface area contributed by atoms with Gasteiger partial charge in [0.2, 0.25) is 5.91 Å². The maximum Gasteiger partial charge on any atom is 0.337 e. The van der Waals surface area contributed by atoms with Crippen molar-refractivity contribution in [1.82, 2.24) is 14.9 Å². The SMILES string of the molecule is CCCCNC(=O)CSc1nc2cc(C(=O)OC)ccc2c(=O)n1CCCOC. The van der Waals surface area contributed by atoms with E-state index in [9.17, 15) is 14.4 Å². The Kier molecular flexibility index (Phi) is 9.14. The smallest absolute Gasteiger partial charge is 0.337 e. The number of benzene rings is 1. The van der Waals surface area contributed by atoms with Crippen LogP contribution in [0.3, 0.4) is 0 Å². The first-order chi connectivity index (χ1) is 14.0. The van der Waals surface area contributed by atoms with E-state index >= 15 is 0 Å². The number of thioether (sulfide) groups is 1. The van der Waals surface area contributed by atoms with Crippen LogP contribution in [0.1, 0.15) is 36.5 Å². The Bertz CT molecular complexity index is 913. The van der Waals surface area contributed by atoms with Crippen LogP contribution in [0.5, 0.6) is 0 Å². The van der Waals surface area contributed by atoms with Crippen LogP contribution in [-0.2, 0) is 20.8 Å². The minimum atomic E-state index is -0.498. The quantitative estimate of drug-likeness (QED) is 0.257. The van der Waals surface area contributed by atoms with Gasteiger partial charge in [0.15, 0.2) is 5.16 Å². The van der Waals surface area contributed by atoms with E-state index in [1.165, 1.54) is 24.9 Å². The zero-order valence-electron chi connectivity index (χ0n) is 17.0. The third kappa shape index (κ3) is 6.30. The Labute approximate surface area is 174 Å². The lowest BCUT2D eigenvalue weighted by molar-refractivity contribution is -0.118. The molecular weight excluding hydrogens is 394 g/mol. The van der Waals surface area contributed by atoms with Gasteiger partial charge >= 0.3 is 5.97 Å². The van der Waals surface area contributed by atoms with Gasteiger partial charge in [-0.15, -0.1) is 0 Å². The van der Waals surface area contributed by atoms with Crippen molar-refractivity contribution in [3.05, 3.63) is 34.1 Å². The van der Waals surface area contributed by atoms with Gasteiger partial charge in [-0.05, 0) is 31.0 Å². The first-order valence-electron chi connectivity index (χ1n) is 9.53. The fourth-order valence-corrected chi connectivity index (χ4v) is 3.56. The lowest BCUT2D eigenvalue weighted by atomic mass is 10.1. The molecule has 0 aliphatic rings. The number of hydrogen-bond donors (Lipinski definition) is 1. The van der Waals surface area contributed by atoms with Crippen LogP contribution in [-0.4, -0.2) is 54.6 Å². The van der Waals surface area contributed by atoms with E-state index < -0.39 is 5.97 Å². The summed E-state index contributed by atoms with van der Waals surface area (Å²) < 4.78 is 11.4. The van der Waals surface area contributed by atoms with Gasteiger partial charge < -0.3 is 14.8 Å². The summed E-state index contributed by atoms with van der Waals surface area (Å²) in [4.78, 5) is 41.4. The largest absolute Gasteiger partial charge is 0.465 e. The number of carbonyl (C=O) groups excluding carboxylic acids is 2. The Balaban J connectivity index is 2.34. The molecule has 8 nitrogen and oxygen atoms in total. The number of unbranched alkanes of at least 4 members (excludes halogenated alkanes) is 1. The summed E-state index contributed by atoms with van der Waals surface area (Å²) in [5.41, 5.74) is 0.503. The first kappa shape index (κ1) is 22.9. The van der Waals surface area contributed by atoms with E-state index in [2.05, 4.69) is 17.2 Å². The summed E-state index contributed by atoms with van der Waals surface area (Å²) in [5, 5.41) is 3.70. The summed E-state index contributed by atoms with van der Waals surface area (Å²) in [6, 6.07) is 4.66. The predicted molar refractivity (Wildman–Crippen MR) is 112 cm³/mol. The zero-order chi connectivity index (χ0) is 21.2. The molecule has 1 amide bonds. The third-order valence-electron chi connectivity index (χ3n) is 4.26. The summed E-state index contributed by atoms with van der Waals surface area (Å²) >= 11 is 1.20. The Morgan fingerprint density at radius 1 is 1.24 bits per heavy atom. The molecule has 0 radical (unpaired) electrons. The lowest BCUT2D eigenvalue weighted by Crippen LogP contribution is -2.28. The molecule has 1 aromatic heterocycles. The van der Waals surface area contributed by atoms with Crippen LogP contribution in [0.4, 0.5) is 0 Å². The van der Waals surface area contributed by atoms with Gasteiger partial charge in [0, 0.05) is 26.8 Å². The fourth-order valence-electron chi connectivity index (χ4n) is 2.71. The van der Waals surface area contributed by atoms with Crippen LogP contribution in [0.15, 0.2) is 28.2 Å². The minimum absolute atomic E-state index is 0.107. The molecule has 29 heavy (non-hydrogen) atoms. The zero-order valence-corrected chi connectivity index (χ0v) is 17.8. The fraction of sp³-hybridized carbons (Fsp3) is 0.500. The molecular formula is C20H27N3O5S. The molecule has 158 valence electrons. The second-order valence-electron chi connectivity index (χ2n) is 6.41. The highest BCUT2D eigenvalue weighted by Gasteiger charge is 2.15. The van der Waals surface area contributed by atoms with Crippen LogP contribution < -0.4 is 10.9 Å². The van der Waals surface area contributed by atoms with E-state index in [1.54, 1.807) is 23.8 Å². The first-order valence-corrected chi connectivity index (χ1v) is 10.5. The Hall–Kier alpha value is -2.39. The summed E-state index contributed by atoms with van der Waals surface area (Å²) in [6.45, 7) is 3.62. The molecule has 0 fully saturated rings. The maximum atomic E-state index is 13.0. The van der Waals surface area contributed by atoms with Crippen LogP contribution in [0.2, 0.25) is 0 Å². The van der Waals surface area contributed by atoms with E-state index in [-0.39, 0.29) is 17.2 Å². The minimum Gasteiger partial charge on any atom is -0.465 e. The van der Waals surface area contributed by atoms with Gasteiger partial charge in [-0.25, -0.2) is 9.78 Å². The predicted octanol–water partition coefficient (Wildman–Crippen LogP) is 2.23. The lowest BCUT2D eigenvalue weighted by Gasteiger charge is -2.13. The number of nitrogens with one attached hydrogen (secondary N) is 1. The van der Waals surface area contributed by atoms with Gasteiger partial charge in [-0.1, -0.05) is 25.1 Å². The molecule has 1 N–H and O–H groups in total. The molecule has 0 aliphatic carbocycles. The van der Waals surface area contributed by atoms with Gasteiger partial charge in [0.05, 0.1) is 29.3 Å². The van der Waals surface area contributed by atoms with Gasteiger partial charge in [0.1, 0.15) is 0 Å². The van der Waals surface area contributed by atoms with Crippen molar-refractivity contribution in [3.8, 4) is 0 Å². The average Bonchev–Trinajstić information content (AvgIpc) is 2.73. The number of ether oxygens (including phenoxy) is 2. The molecule has 2 rings (SSSR count). The van der Waals surface area contributed by atoms with E-state index in [0.29, 0.717) is 47.7 Å². The van der Waals surface area contributed by atoms with Gasteiger partial charge in [0.25, 0.3) is 5.56 Å². The van der Waals surface area contributed by atoms with Crippen molar-refractivity contribution in [2.24, 2.45) is 0 Å². The number of esters is 1. The second kappa shape index (κ2) is 11.6. The number of amides is 1. The molecule has 0 saturated carbocycles. The Morgan fingerprint density at radius 2 is 2.03 bits per heavy atom. The third-order valence-corrected chi connectivity index (χ3v) is 5.23. The normalized spacial score (nSPS) is 10.9.